The summed E-state index contributed by atoms with van der Waals surface area (Å²) in [5.41, 5.74) is 0. The van der Waals surface area contributed by atoms with Gasteiger partial charge in [0.1, 0.15) is 0 Å². The first-order chi connectivity index (χ1) is 7.47. The van der Waals surface area contributed by atoms with E-state index < -0.39 is 18.0 Å². The first-order valence-electron chi connectivity index (χ1n) is 4.89. The largest absolute Gasteiger partial charge is 0.393 e. The second-order valence-corrected chi connectivity index (χ2v) is 3.32. The standard InChI is InChI=1S/C10H16NO5.U/c1-8(13)5-6-10(15)16-11(2)9(14)4-3-7-12;/h3,7-8,13H,4-6H2,1-2H3;/q-1;. The van der Waals surface area contributed by atoms with E-state index in [2.05, 4.69) is 4.84 Å². The van der Waals surface area contributed by atoms with Crippen LogP contribution in [0.3, 0.4) is 0 Å². The maximum atomic E-state index is 11.2. The SMILES string of the molecule is CC(O)CCC(=O)ON(C)C(=O)C[CH-]C=O.[U]. The molecule has 0 aromatic heterocycles. The molecule has 0 aromatic rings. The van der Waals surface area contributed by atoms with Gasteiger partial charge in [-0.2, -0.15) is 5.06 Å². The predicted octanol–water partition coefficient (Wildman–Crippen LogP) is -0.143. The minimum atomic E-state index is -0.595. The number of aldehydes is 1. The number of carbonyl (C=O) groups is 3. The van der Waals surface area contributed by atoms with Crippen molar-refractivity contribution in [3.05, 3.63) is 6.42 Å². The normalized spacial score (nSPS) is 10.8. The first-order valence-corrected chi connectivity index (χ1v) is 4.89. The predicted molar refractivity (Wildman–Crippen MR) is 54.8 cm³/mol. The Morgan fingerprint density at radius 3 is 2.59 bits per heavy atom. The van der Waals surface area contributed by atoms with Crippen LogP contribution in [0.15, 0.2) is 0 Å². The number of amides is 1. The maximum Gasteiger partial charge on any atom is 0.332 e. The Balaban J connectivity index is 0. The van der Waals surface area contributed by atoms with Gasteiger partial charge in [-0.1, -0.05) is 6.42 Å². The third-order valence-electron chi connectivity index (χ3n) is 1.74. The summed E-state index contributed by atoms with van der Waals surface area (Å²) in [4.78, 5) is 36.9. The van der Waals surface area contributed by atoms with Crippen LogP contribution >= 0.6 is 0 Å². The summed E-state index contributed by atoms with van der Waals surface area (Å²) in [6.45, 7) is 1.56. The van der Waals surface area contributed by atoms with Gasteiger partial charge in [-0.05, 0) is 19.6 Å². The van der Waals surface area contributed by atoms with Crippen molar-refractivity contribution in [1.29, 1.82) is 0 Å². The van der Waals surface area contributed by atoms with E-state index in [1.54, 1.807) is 6.92 Å². The van der Waals surface area contributed by atoms with Crippen LogP contribution in [0.4, 0.5) is 0 Å². The quantitative estimate of drug-likeness (QED) is 0.334. The number of carbonyl (C=O) groups excluding carboxylic acids is 3. The van der Waals surface area contributed by atoms with Gasteiger partial charge in [0.05, 0.1) is 12.5 Å². The van der Waals surface area contributed by atoms with Crippen LogP contribution in [-0.2, 0) is 19.2 Å². The summed E-state index contributed by atoms with van der Waals surface area (Å²) in [5.74, 6) is -1.08. The van der Waals surface area contributed by atoms with Crippen LogP contribution in [0, 0.1) is 37.5 Å². The molecule has 17 heavy (non-hydrogen) atoms. The van der Waals surface area contributed by atoms with Crippen molar-refractivity contribution in [3.63, 3.8) is 0 Å². The van der Waals surface area contributed by atoms with E-state index >= 15 is 0 Å². The monoisotopic (exact) mass is 468 g/mol. The molecule has 1 amide bonds. The summed E-state index contributed by atoms with van der Waals surface area (Å²) in [6.07, 6.45) is 1.25. The van der Waals surface area contributed by atoms with Crippen molar-refractivity contribution in [2.45, 2.75) is 32.3 Å². The summed E-state index contributed by atoms with van der Waals surface area (Å²) >= 11 is 0. The molecule has 0 radical (unpaired) electrons. The van der Waals surface area contributed by atoms with E-state index in [0.29, 0.717) is 6.29 Å². The number of hydrogen-bond acceptors (Lipinski definition) is 5. The number of hydrogen-bond donors (Lipinski definition) is 1. The van der Waals surface area contributed by atoms with Crippen LogP contribution in [-0.4, -0.2) is 41.5 Å². The second-order valence-electron chi connectivity index (χ2n) is 3.32. The molecular weight excluding hydrogens is 452 g/mol. The van der Waals surface area contributed by atoms with E-state index in [-0.39, 0.29) is 50.4 Å². The molecule has 0 aliphatic heterocycles. The number of aliphatic hydroxyl groups is 1. The summed E-state index contributed by atoms with van der Waals surface area (Å²) in [7, 11) is 1.29. The second kappa shape index (κ2) is 10.6. The zero-order chi connectivity index (χ0) is 12.6. The molecule has 0 aromatic carbocycles. The molecule has 0 rings (SSSR count). The fourth-order valence-electron chi connectivity index (χ4n) is 0.854. The fourth-order valence-corrected chi connectivity index (χ4v) is 0.854. The zero-order valence-corrected chi connectivity index (χ0v) is 14.0. The Bertz CT molecular complexity index is 257. The fraction of sp³-hybridized carbons (Fsp3) is 0.600. The summed E-state index contributed by atoms with van der Waals surface area (Å²) in [6, 6.07) is 0. The minimum absolute atomic E-state index is 0. The molecule has 6 nitrogen and oxygen atoms in total. The Morgan fingerprint density at radius 2 is 2.12 bits per heavy atom. The number of hydroxylamine groups is 2. The Kier molecular flexibility index (Phi) is 11.8. The number of aliphatic hydroxyl groups excluding tert-OH is 1. The molecule has 1 unspecified atom stereocenters. The topological polar surface area (TPSA) is 83.9 Å². The van der Waals surface area contributed by atoms with E-state index in [0.717, 1.165) is 11.5 Å². The molecule has 0 spiro atoms. The average molecular weight is 468 g/mol. The Labute approximate surface area is 124 Å². The van der Waals surface area contributed by atoms with Gasteiger partial charge in [-0.25, -0.2) is 4.79 Å². The van der Waals surface area contributed by atoms with Crippen molar-refractivity contribution in [3.8, 4) is 0 Å². The minimum Gasteiger partial charge on any atom is -0.393 e. The summed E-state index contributed by atoms with van der Waals surface area (Å²) < 4.78 is 0. The summed E-state index contributed by atoms with van der Waals surface area (Å²) in [5, 5.41) is 9.71. The van der Waals surface area contributed by atoms with Crippen LogP contribution in [0.1, 0.15) is 26.2 Å². The molecule has 7 heteroatoms. The van der Waals surface area contributed by atoms with Gasteiger partial charge in [0.2, 0.25) is 5.91 Å². The molecule has 1 N–H and O–H groups in total. The van der Waals surface area contributed by atoms with E-state index in [1.807, 2.05) is 0 Å². The van der Waals surface area contributed by atoms with Gasteiger partial charge in [-0.15, -0.1) is 0 Å². The van der Waals surface area contributed by atoms with Crippen molar-refractivity contribution in [1.82, 2.24) is 5.06 Å². The molecule has 0 aliphatic carbocycles. The molecule has 0 fully saturated rings. The molecule has 0 aliphatic rings. The number of nitrogens with zero attached hydrogens (tertiary/aromatic N) is 1. The molecule has 0 saturated carbocycles. The molecule has 96 valence electrons. The van der Waals surface area contributed by atoms with Crippen LogP contribution < -0.4 is 0 Å². The van der Waals surface area contributed by atoms with Crippen molar-refractivity contribution in [2.75, 3.05) is 7.05 Å². The number of rotatable bonds is 6. The van der Waals surface area contributed by atoms with Crippen molar-refractivity contribution < 1.29 is 55.4 Å². The van der Waals surface area contributed by atoms with Gasteiger partial charge >= 0.3 is 5.97 Å². The van der Waals surface area contributed by atoms with Gasteiger partial charge in [-0.3, -0.25) is 4.79 Å². The Hall–Kier alpha value is -0.508. The molecular formula is C10H16NO5U-. The van der Waals surface area contributed by atoms with E-state index in [9.17, 15) is 14.4 Å². The van der Waals surface area contributed by atoms with Crippen LogP contribution in [0.5, 0.6) is 0 Å². The van der Waals surface area contributed by atoms with Gasteiger partial charge in [0.25, 0.3) is 0 Å². The van der Waals surface area contributed by atoms with Gasteiger partial charge < -0.3 is 21.2 Å². The molecule has 0 heterocycles. The van der Waals surface area contributed by atoms with Crippen molar-refractivity contribution in [2.24, 2.45) is 0 Å². The average Bonchev–Trinajstić information content (AvgIpc) is 2.22. The molecule has 1 atom stereocenters. The van der Waals surface area contributed by atoms with E-state index in [1.165, 1.54) is 7.05 Å². The van der Waals surface area contributed by atoms with Gasteiger partial charge in [0, 0.05) is 38.2 Å². The zero-order valence-electron chi connectivity index (χ0n) is 9.88. The smallest absolute Gasteiger partial charge is 0.332 e. The maximum absolute atomic E-state index is 11.2. The van der Waals surface area contributed by atoms with Crippen molar-refractivity contribution >= 4 is 18.2 Å². The van der Waals surface area contributed by atoms with E-state index in [4.69, 9.17) is 5.11 Å². The third kappa shape index (κ3) is 10.4. The Morgan fingerprint density at radius 1 is 1.53 bits per heavy atom. The molecule has 0 bridgehead atoms. The third-order valence-corrected chi connectivity index (χ3v) is 1.74. The van der Waals surface area contributed by atoms with Gasteiger partial charge in [0.15, 0.2) is 0 Å². The molecule has 0 saturated heterocycles. The van der Waals surface area contributed by atoms with Crippen LogP contribution in [0.25, 0.3) is 0 Å². The van der Waals surface area contributed by atoms with Crippen LogP contribution in [0.2, 0.25) is 0 Å². The first kappa shape index (κ1) is 18.8.